The second-order valence-electron chi connectivity index (χ2n) is 4.51. The summed E-state index contributed by atoms with van der Waals surface area (Å²) in [5.41, 5.74) is 0.796. The van der Waals surface area contributed by atoms with Crippen LogP contribution in [0.2, 0.25) is 0 Å². The van der Waals surface area contributed by atoms with Gasteiger partial charge in [0.2, 0.25) is 5.91 Å². The van der Waals surface area contributed by atoms with Crippen LogP contribution in [0.5, 0.6) is 0 Å². The SMILES string of the molecule is CCCCOC(=O)CN1C(=O)CSC1c1ccccn1. The highest BCUT2D eigenvalue weighted by molar-refractivity contribution is 8.00. The van der Waals surface area contributed by atoms with Crippen molar-refractivity contribution in [1.82, 2.24) is 9.88 Å². The number of thioether (sulfide) groups is 1. The highest BCUT2D eigenvalue weighted by atomic mass is 32.2. The van der Waals surface area contributed by atoms with Gasteiger partial charge in [-0.2, -0.15) is 0 Å². The van der Waals surface area contributed by atoms with Crippen LogP contribution in [-0.4, -0.2) is 40.7 Å². The normalized spacial score (nSPS) is 18.4. The topological polar surface area (TPSA) is 59.5 Å². The molecule has 1 unspecified atom stereocenters. The Bertz CT molecular complexity index is 467. The van der Waals surface area contributed by atoms with E-state index in [1.807, 2.05) is 25.1 Å². The predicted molar refractivity (Wildman–Crippen MR) is 77.0 cm³/mol. The zero-order valence-corrected chi connectivity index (χ0v) is 12.3. The molecule has 20 heavy (non-hydrogen) atoms. The van der Waals surface area contributed by atoms with Gasteiger partial charge in [-0.3, -0.25) is 14.6 Å². The molecule has 1 aliphatic heterocycles. The third kappa shape index (κ3) is 3.72. The summed E-state index contributed by atoms with van der Waals surface area (Å²) in [6.45, 7) is 2.45. The Hall–Kier alpha value is -1.56. The fourth-order valence-electron chi connectivity index (χ4n) is 1.91. The summed E-state index contributed by atoms with van der Waals surface area (Å²) >= 11 is 1.49. The maximum absolute atomic E-state index is 11.9. The van der Waals surface area contributed by atoms with Crippen LogP contribution in [0.4, 0.5) is 0 Å². The summed E-state index contributed by atoms with van der Waals surface area (Å²) in [7, 11) is 0. The van der Waals surface area contributed by atoms with E-state index in [1.54, 1.807) is 11.1 Å². The van der Waals surface area contributed by atoms with Crippen LogP contribution in [0.1, 0.15) is 30.8 Å². The number of rotatable bonds is 6. The van der Waals surface area contributed by atoms with Crippen LogP contribution in [0.15, 0.2) is 24.4 Å². The van der Waals surface area contributed by atoms with Crippen molar-refractivity contribution in [3.63, 3.8) is 0 Å². The molecule has 2 rings (SSSR count). The summed E-state index contributed by atoms with van der Waals surface area (Å²) in [6, 6.07) is 5.57. The molecule has 0 bridgehead atoms. The lowest BCUT2D eigenvalue weighted by Gasteiger charge is -2.22. The summed E-state index contributed by atoms with van der Waals surface area (Å²) in [5, 5.41) is -0.192. The molecule has 1 amide bonds. The molecule has 0 saturated carbocycles. The zero-order valence-electron chi connectivity index (χ0n) is 11.4. The Balaban J connectivity index is 1.97. The minimum absolute atomic E-state index is 0.00319. The van der Waals surface area contributed by atoms with Gasteiger partial charge in [0.15, 0.2) is 0 Å². The van der Waals surface area contributed by atoms with Gasteiger partial charge in [-0.25, -0.2) is 0 Å². The van der Waals surface area contributed by atoms with E-state index >= 15 is 0 Å². The second-order valence-corrected chi connectivity index (χ2v) is 5.58. The van der Waals surface area contributed by atoms with Crippen molar-refractivity contribution in [2.24, 2.45) is 0 Å². The van der Waals surface area contributed by atoms with Crippen molar-refractivity contribution in [3.8, 4) is 0 Å². The molecule has 1 aliphatic rings. The molecular weight excluding hydrogens is 276 g/mol. The number of amides is 1. The van der Waals surface area contributed by atoms with E-state index in [1.165, 1.54) is 11.8 Å². The van der Waals surface area contributed by atoms with Crippen LogP contribution < -0.4 is 0 Å². The first-order valence-corrected chi connectivity index (χ1v) is 7.75. The van der Waals surface area contributed by atoms with Gasteiger partial charge in [0.05, 0.1) is 18.1 Å². The fourth-order valence-corrected chi connectivity index (χ4v) is 3.06. The molecule has 2 heterocycles. The first-order chi connectivity index (χ1) is 9.72. The third-order valence-corrected chi connectivity index (χ3v) is 4.19. The van der Waals surface area contributed by atoms with Crippen LogP contribution in [-0.2, 0) is 14.3 Å². The lowest BCUT2D eigenvalue weighted by molar-refractivity contribution is -0.148. The summed E-state index contributed by atoms with van der Waals surface area (Å²) in [5.74, 6) is -0.0166. The van der Waals surface area contributed by atoms with Crippen molar-refractivity contribution in [2.45, 2.75) is 25.1 Å². The second kappa shape index (κ2) is 7.28. The first kappa shape index (κ1) is 14.8. The number of nitrogens with zero attached hydrogens (tertiary/aromatic N) is 2. The predicted octanol–water partition coefficient (Wildman–Crippen LogP) is 2.00. The van der Waals surface area contributed by atoms with Crippen molar-refractivity contribution in [2.75, 3.05) is 18.9 Å². The van der Waals surface area contributed by atoms with Gasteiger partial charge in [0, 0.05) is 6.20 Å². The highest BCUT2D eigenvalue weighted by Gasteiger charge is 2.35. The maximum Gasteiger partial charge on any atom is 0.325 e. The Morgan fingerprint density at radius 3 is 3.10 bits per heavy atom. The van der Waals surface area contributed by atoms with Crippen LogP contribution >= 0.6 is 11.8 Å². The van der Waals surface area contributed by atoms with E-state index in [-0.39, 0.29) is 23.8 Å². The number of hydrogen-bond donors (Lipinski definition) is 0. The fraction of sp³-hybridized carbons (Fsp3) is 0.500. The summed E-state index contributed by atoms with van der Waals surface area (Å²) < 4.78 is 5.11. The first-order valence-electron chi connectivity index (χ1n) is 6.70. The van der Waals surface area contributed by atoms with Gasteiger partial charge in [0.1, 0.15) is 11.9 Å². The lowest BCUT2D eigenvalue weighted by atomic mass is 10.3. The van der Waals surface area contributed by atoms with Gasteiger partial charge in [-0.1, -0.05) is 19.4 Å². The Kier molecular flexibility index (Phi) is 5.40. The molecule has 0 spiro atoms. The molecular formula is C14H18N2O3S. The monoisotopic (exact) mass is 294 g/mol. The molecule has 1 fully saturated rings. The van der Waals surface area contributed by atoms with Gasteiger partial charge < -0.3 is 9.64 Å². The number of carbonyl (C=O) groups excluding carboxylic acids is 2. The van der Waals surface area contributed by atoms with E-state index < -0.39 is 0 Å². The van der Waals surface area contributed by atoms with Crippen molar-refractivity contribution < 1.29 is 14.3 Å². The molecule has 0 N–H and O–H groups in total. The number of carbonyl (C=O) groups is 2. The average molecular weight is 294 g/mol. The largest absolute Gasteiger partial charge is 0.464 e. The number of esters is 1. The molecule has 0 radical (unpaired) electrons. The smallest absolute Gasteiger partial charge is 0.325 e. The van der Waals surface area contributed by atoms with Crippen LogP contribution in [0.25, 0.3) is 0 Å². The van der Waals surface area contributed by atoms with Crippen molar-refractivity contribution in [3.05, 3.63) is 30.1 Å². The Morgan fingerprint density at radius 1 is 1.55 bits per heavy atom. The number of aromatic nitrogens is 1. The Morgan fingerprint density at radius 2 is 2.40 bits per heavy atom. The van der Waals surface area contributed by atoms with Gasteiger partial charge in [-0.15, -0.1) is 11.8 Å². The van der Waals surface area contributed by atoms with E-state index in [2.05, 4.69) is 4.98 Å². The highest BCUT2D eigenvalue weighted by Crippen LogP contribution is 2.37. The van der Waals surface area contributed by atoms with E-state index in [4.69, 9.17) is 4.74 Å². The third-order valence-electron chi connectivity index (χ3n) is 2.97. The van der Waals surface area contributed by atoms with Gasteiger partial charge in [0.25, 0.3) is 0 Å². The molecule has 0 aromatic carbocycles. The molecule has 1 aromatic heterocycles. The minimum Gasteiger partial charge on any atom is -0.464 e. The van der Waals surface area contributed by atoms with E-state index in [0.29, 0.717) is 12.4 Å². The molecule has 6 heteroatoms. The number of pyridine rings is 1. The van der Waals surface area contributed by atoms with Gasteiger partial charge in [-0.05, 0) is 18.6 Å². The van der Waals surface area contributed by atoms with Gasteiger partial charge >= 0.3 is 5.97 Å². The number of ether oxygens (including phenoxy) is 1. The lowest BCUT2D eigenvalue weighted by Crippen LogP contribution is -2.34. The van der Waals surface area contributed by atoms with Crippen molar-refractivity contribution in [1.29, 1.82) is 0 Å². The molecule has 108 valence electrons. The summed E-state index contributed by atoms with van der Waals surface area (Å²) in [6.07, 6.45) is 3.51. The molecule has 1 atom stereocenters. The molecule has 1 aromatic rings. The molecule has 1 saturated heterocycles. The Labute approximate surface area is 122 Å². The van der Waals surface area contributed by atoms with Crippen LogP contribution in [0, 0.1) is 0 Å². The molecule has 0 aliphatic carbocycles. The number of unbranched alkanes of at least 4 members (excludes halogenated alkanes) is 1. The molecule has 5 nitrogen and oxygen atoms in total. The maximum atomic E-state index is 11.9. The van der Waals surface area contributed by atoms with Crippen LogP contribution in [0.3, 0.4) is 0 Å². The van der Waals surface area contributed by atoms with E-state index in [9.17, 15) is 9.59 Å². The zero-order chi connectivity index (χ0) is 14.4. The van der Waals surface area contributed by atoms with E-state index in [0.717, 1.165) is 18.5 Å². The minimum atomic E-state index is -0.352. The average Bonchev–Trinajstić information content (AvgIpc) is 2.82. The number of hydrogen-bond acceptors (Lipinski definition) is 5. The quantitative estimate of drug-likeness (QED) is 0.593. The van der Waals surface area contributed by atoms with Crippen molar-refractivity contribution >= 4 is 23.6 Å². The summed E-state index contributed by atoms with van der Waals surface area (Å²) in [4.78, 5) is 29.4. The standard InChI is InChI=1S/C14H18N2O3S/c1-2-3-8-19-13(18)9-16-12(17)10-20-14(16)11-6-4-5-7-15-11/h4-7,14H,2-3,8-10H2,1H3.